The van der Waals surface area contributed by atoms with Gasteiger partial charge in [-0.05, 0) is 36.8 Å². The minimum atomic E-state index is -0.592. The molecule has 6 heteroatoms. The Bertz CT molecular complexity index is 755. The third-order valence-electron chi connectivity index (χ3n) is 5.86. The number of unbranched alkanes of at least 4 members (excludes halogenated alkanes) is 3. The summed E-state index contributed by atoms with van der Waals surface area (Å²) in [5.74, 6) is -0.0159. The van der Waals surface area contributed by atoms with Crippen LogP contribution in [0.15, 0.2) is 54.1 Å². The van der Waals surface area contributed by atoms with Gasteiger partial charge in [-0.3, -0.25) is 9.59 Å². The highest BCUT2D eigenvalue weighted by atomic mass is 16.3. The first-order chi connectivity index (χ1) is 15.5. The van der Waals surface area contributed by atoms with Gasteiger partial charge in [0.25, 0.3) is 0 Å². The van der Waals surface area contributed by atoms with Gasteiger partial charge in [0.15, 0.2) is 0 Å². The van der Waals surface area contributed by atoms with E-state index in [1.807, 2.05) is 30.4 Å². The van der Waals surface area contributed by atoms with Crippen LogP contribution in [0.1, 0.15) is 56.9 Å². The van der Waals surface area contributed by atoms with Crippen LogP contribution in [0.25, 0.3) is 0 Å². The second-order valence-corrected chi connectivity index (χ2v) is 8.46. The van der Waals surface area contributed by atoms with E-state index in [1.54, 1.807) is 6.08 Å². The standard InChI is InChI=1S/C26H37NO5/c28-18-22(19-29)27-26(32)11-7-2-1-6-10-24-21(14-17-25(24)31)13-16-23(30)15-12-20-8-4-3-5-9-20/h3-5,8-9,13-14,16,22-24,28-30H,1-2,6-7,10-12,15,17-19H2,(H,27,32)/b16-13+/t23-,24+/m0/s1. The molecule has 4 N–H and O–H groups in total. The van der Waals surface area contributed by atoms with Crippen LogP contribution in [0, 0.1) is 5.92 Å². The molecule has 1 amide bonds. The van der Waals surface area contributed by atoms with Crippen LogP contribution in [0.4, 0.5) is 0 Å². The number of allylic oxidation sites excluding steroid dienone is 3. The van der Waals surface area contributed by atoms with E-state index in [2.05, 4.69) is 17.4 Å². The summed E-state index contributed by atoms with van der Waals surface area (Å²) < 4.78 is 0. The fraction of sp³-hybridized carbons (Fsp3) is 0.538. The number of ketones is 1. The molecule has 0 heterocycles. The van der Waals surface area contributed by atoms with Crippen molar-refractivity contribution in [2.24, 2.45) is 5.92 Å². The molecule has 6 nitrogen and oxygen atoms in total. The Morgan fingerprint density at radius 3 is 2.53 bits per heavy atom. The molecule has 1 aliphatic carbocycles. The number of Topliss-reactive ketones (excluding diaryl/α,β-unsaturated/α-hetero) is 1. The molecule has 2 atom stereocenters. The van der Waals surface area contributed by atoms with E-state index in [4.69, 9.17) is 10.2 Å². The first kappa shape index (κ1) is 26.0. The largest absolute Gasteiger partial charge is 0.394 e. The minimum absolute atomic E-state index is 0.0919. The molecule has 0 unspecified atom stereocenters. The van der Waals surface area contributed by atoms with Gasteiger partial charge in [0.2, 0.25) is 5.91 Å². The number of aliphatic hydroxyl groups is 3. The molecule has 0 spiro atoms. The summed E-state index contributed by atoms with van der Waals surface area (Å²) in [5.41, 5.74) is 2.21. The third kappa shape index (κ3) is 9.47. The summed E-state index contributed by atoms with van der Waals surface area (Å²) in [6, 6.07) is 9.49. The first-order valence-corrected chi connectivity index (χ1v) is 11.7. The van der Waals surface area contributed by atoms with Crippen molar-refractivity contribution in [1.82, 2.24) is 5.32 Å². The second-order valence-electron chi connectivity index (χ2n) is 8.46. The zero-order valence-corrected chi connectivity index (χ0v) is 18.8. The molecule has 32 heavy (non-hydrogen) atoms. The minimum Gasteiger partial charge on any atom is -0.394 e. The number of nitrogens with one attached hydrogen (secondary N) is 1. The highest BCUT2D eigenvalue weighted by Gasteiger charge is 2.25. The Morgan fingerprint density at radius 1 is 1.09 bits per heavy atom. The summed E-state index contributed by atoms with van der Waals surface area (Å²) in [6.45, 7) is -0.544. The molecule has 2 rings (SSSR count). The summed E-state index contributed by atoms with van der Waals surface area (Å²) >= 11 is 0. The molecule has 0 saturated carbocycles. The molecule has 1 aromatic rings. The van der Waals surface area contributed by atoms with E-state index in [0.29, 0.717) is 19.3 Å². The van der Waals surface area contributed by atoms with E-state index in [1.165, 1.54) is 5.56 Å². The maximum Gasteiger partial charge on any atom is 0.220 e. The number of amides is 1. The van der Waals surface area contributed by atoms with Gasteiger partial charge in [0.1, 0.15) is 5.78 Å². The smallest absolute Gasteiger partial charge is 0.220 e. The molecule has 1 aliphatic rings. The van der Waals surface area contributed by atoms with Crippen molar-refractivity contribution in [3.8, 4) is 0 Å². The number of carbonyl (C=O) groups excluding carboxylic acids is 2. The van der Waals surface area contributed by atoms with E-state index in [9.17, 15) is 14.7 Å². The van der Waals surface area contributed by atoms with Gasteiger partial charge in [-0.1, -0.05) is 67.8 Å². The Morgan fingerprint density at radius 2 is 1.81 bits per heavy atom. The number of aliphatic hydroxyl groups excluding tert-OH is 3. The lowest BCUT2D eigenvalue weighted by Crippen LogP contribution is -2.39. The van der Waals surface area contributed by atoms with Crippen LogP contribution in [0.2, 0.25) is 0 Å². The number of aryl methyl sites for hydroxylation is 1. The summed E-state index contributed by atoms with van der Waals surface area (Å²) in [7, 11) is 0. The predicted molar refractivity (Wildman–Crippen MR) is 125 cm³/mol. The molecule has 0 radical (unpaired) electrons. The normalized spacial score (nSPS) is 17.2. The quantitative estimate of drug-likeness (QED) is 0.312. The van der Waals surface area contributed by atoms with Crippen molar-refractivity contribution in [1.29, 1.82) is 0 Å². The van der Waals surface area contributed by atoms with Gasteiger partial charge in [-0.15, -0.1) is 0 Å². The van der Waals surface area contributed by atoms with E-state index < -0.39 is 12.1 Å². The number of carbonyl (C=O) groups is 2. The molecule has 1 aromatic carbocycles. The molecule has 0 fully saturated rings. The average Bonchev–Trinajstić information content (AvgIpc) is 3.16. The predicted octanol–water partition coefficient (Wildman–Crippen LogP) is 2.86. The lowest BCUT2D eigenvalue weighted by Gasteiger charge is -2.13. The van der Waals surface area contributed by atoms with Crippen molar-refractivity contribution in [2.75, 3.05) is 13.2 Å². The summed E-state index contributed by atoms with van der Waals surface area (Å²) in [4.78, 5) is 24.0. The zero-order valence-electron chi connectivity index (χ0n) is 18.8. The van der Waals surface area contributed by atoms with Crippen LogP contribution in [-0.4, -0.2) is 52.4 Å². The molecular formula is C26H37NO5. The van der Waals surface area contributed by atoms with Crippen molar-refractivity contribution >= 4 is 11.7 Å². The zero-order chi connectivity index (χ0) is 23.2. The maximum atomic E-state index is 12.3. The number of rotatable bonds is 15. The summed E-state index contributed by atoms with van der Waals surface area (Å²) in [6.07, 6.45) is 11.7. The topological polar surface area (TPSA) is 107 Å². The Kier molecular flexibility index (Phi) is 11.9. The van der Waals surface area contributed by atoms with Gasteiger partial charge in [0.05, 0.1) is 25.4 Å². The Hall–Kier alpha value is -2.28. The fourth-order valence-electron chi connectivity index (χ4n) is 3.91. The van der Waals surface area contributed by atoms with Crippen LogP contribution < -0.4 is 5.32 Å². The van der Waals surface area contributed by atoms with Crippen molar-refractivity contribution in [3.05, 3.63) is 59.7 Å². The SMILES string of the molecule is O=C(CCCCCC[C@H]1C(=O)CC=C1/C=C/[C@@H](O)CCc1ccccc1)NC(CO)CO. The highest BCUT2D eigenvalue weighted by molar-refractivity contribution is 5.89. The van der Waals surface area contributed by atoms with Crippen LogP contribution in [0.3, 0.4) is 0 Å². The van der Waals surface area contributed by atoms with Crippen LogP contribution in [0.5, 0.6) is 0 Å². The van der Waals surface area contributed by atoms with Crippen molar-refractivity contribution < 1.29 is 24.9 Å². The lowest BCUT2D eigenvalue weighted by molar-refractivity contribution is -0.122. The molecule has 0 saturated heterocycles. The van der Waals surface area contributed by atoms with Crippen LogP contribution >= 0.6 is 0 Å². The summed E-state index contributed by atoms with van der Waals surface area (Å²) in [5, 5.41) is 30.8. The highest BCUT2D eigenvalue weighted by Crippen LogP contribution is 2.29. The van der Waals surface area contributed by atoms with Gasteiger partial charge >= 0.3 is 0 Å². The number of hydrogen-bond acceptors (Lipinski definition) is 5. The van der Waals surface area contributed by atoms with Gasteiger partial charge < -0.3 is 20.6 Å². The average molecular weight is 444 g/mol. The third-order valence-corrected chi connectivity index (χ3v) is 5.86. The molecular weight excluding hydrogens is 406 g/mol. The molecule has 0 aromatic heterocycles. The van der Waals surface area contributed by atoms with Gasteiger partial charge in [-0.2, -0.15) is 0 Å². The molecule has 0 aliphatic heterocycles. The maximum absolute atomic E-state index is 12.3. The van der Waals surface area contributed by atoms with E-state index >= 15 is 0 Å². The molecule has 176 valence electrons. The van der Waals surface area contributed by atoms with E-state index in [-0.39, 0.29) is 30.8 Å². The fourth-order valence-corrected chi connectivity index (χ4v) is 3.91. The first-order valence-electron chi connectivity index (χ1n) is 11.7. The number of hydrogen-bond donors (Lipinski definition) is 4. The Balaban J connectivity index is 1.64. The monoisotopic (exact) mass is 443 g/mol. The number of benzene rings is 1. The lowest BCUT2D eigenvalue weighted by atomic mass is 9.92. The molecule has 0 bridgehead atoms. The van der Waals surface area contributed by atoms with Crippen molar-refractivity contribution in [3.63, 3.8) is 0 Å². The Labute approximate surface area is 191 Å². The van der Waals surface area contributed by atoms with Gasteiger partial charge in [-0.25, -0.2) is 0 Å². The van der Waals surface area contributed by atoms with Crippen LogP contribution in [-0.2, 0) is 16.0 Å². The second kappa shape index (κ2) is 14.7. The van der Waals surface area contributed by atoms with Crippen molar-refractivity contribution in [2.45, 2.75) is 69.9 Å². The van der Waals surface area contributed by atoms with Gasteiger partial charge in [0, 0.05) is 18.8 Å². The van der Waals surface area contributed by atoms with E-state index in [0.717, 1.165) is 44.1 Å².